The number of halogens is 2. The number of nitrogens with zero attached hydrogens (tertiary/aromatic N) is 3. The quantitative estimate of drug-likeness (QED) is 0.346. The highest BCUT2D eigenvalue weighted by atomic mass is 35.5. The van der Waals surface area contributed by atoms with E-state index in [2.05, 4.69) is 9.71 Å². The van der Waals surface area contributed by atoms with Gasteiger partial charge >= 0.3 is 0 Å². The predicted octanol–water partition coefficient (Wildman–Crippen LogP) is 5.54. The molecule has 3 aromatic carbocycles. The van der Waals surface area contributed by atoms with Crippen LogP contribution in [-0.4, -0.2) is 38.2 Å². The van der Waals surface area contributed by atoms with E-state index in [4.69, 9.17) is 28.3 Å². The topological polar surface area (TPSA) is 74.1 Å². The van der Waals surface area contributed by atoms with E-state index in [1.54, 1.807) is 5.01 Å². The fourth-order valence-corrected chi connectivity index (χ4v) is 4.87. The van der Waals surface area contributed by atoms with Crippen LogP contribution in [-0.2, 0) is 10.0 Å². The first-order valence-electron chi connectivity index (χ1n) is 10.9. The lowest BCUT2D eigenvalue weighted by Gasteiger charge is -2.19. The molecule has 0 saturated heterocycles. The van der Waals surface area contributed by atoms with Crippen LogP contribution in [0.4, 0.5) is 0 Å². The summed E-state index contributed by atoms with van der Waals surface area (Å²) in [5.41, 5.74) is 2.81. The van der Waals surface area contributed by atoms with Crippen molar-refractivity contribution < 1.29 is 8.42 Å². The van der Waals surface area contributed by atoms with Gasteiger partial charge in [0.2, 0.25) is 5.96 Å². The Morgan fingerprint density at radius 2 is 1.62 bits per heavy atom. The fourth-order valence-electron chi connectivity index (χ4n) is 3.64. The van der Waals surface area contributed by atoms with Gasteiger partial charge in [0.1, 0.15) is 0 Å². The van der Waals surface area contributed by atoms with E-state index in [-0.39, 0.29) is 16.8 Å². The first kappa shape index (κ1) is 24.3. The Hall–Kier alpha value is -2.87. The largest absolute Gasteiger partial charge is 0.354 e. The van der Waals surface area contributed by atoms with Crippen LogP contribution in [0.1, 0.15) is 30.4 Å². The molecule has 3 aromatic rings. The van der Waals surface area contributed by atoms with Crippen molar-refractivity contribution in [3.63, 3.8) is 0 Å². The van der Waals surface area contributed by atoms with Gasteiger partial charge in [0.25, 0.3) is 10.0 Å². The van der Waals surface area contributed by atoms with Gasteiger partial charge in [-0.2, -0.15) is 13.5 Å². The molecule has 1 atom stereocenters. The average Bonchev–Trinajstić information content (AvgIpc) is 3.28. The average molecular weight is 515 g/mol. The number of hydrazone groups is 1. The number of nitrogens with one attached hydrogen (secondary N) is 1. The molecular weight excluding hydrogens is 491 g/mol. The first-order chi connectivity index (χ1) is 16.4. The summed E-state index contributed by atoms with van der Waals surface area (Å²) in [7, 11) is -3.98. The van der Waals surface area contributed by atoms with Crippen LogP contribution in [0.25, 0.3) is 0 Å². The maximum atomic E-state index is 13.1. The van der Waals surface area contributed by atoms with Crippen molar-refractivity contribution in [3.8, 4) is 0 Å². The molecule has 0 saturated carbocycles. The first-order valence-corrected chi connectivity index (χ1v) is 13.1. The van der Waals surface area contributed by atoms with Crippen LogP contribution in [0, 0.1) is 0 Å². The van der Waals surface area contributed by atoms with Crippen molar-refractivity contribution in [2.75, 3.05) is 13.1 Å². The number of sulfonamides is 1. The van der Waals surface area contributed by atoms with Gasteiger partial charge in [0.15, 0.2) is 0 Å². The van der Waals surface area contributed by atoms with Crippen molar-refractivity contribution in [2.24, 2.45) is 9.50 Å². The molecule has 0 aliphatic carbocycles. The summed E-state index contributed by atoms with van der Waals surface area (Å²) >= 11 is 12.0. The summed E-state index contributed by atoms with van der Waals surface area (Å²) in [4.78, 5) is 0.0633. The van der Waals surface area contributed by atoms with Gasteiger partial charge in [-0.3, -0.25) is 0 Å². The van der Waals surface area contributed by atoms with E-state index in [9.17, 15) is 8.42 Å². The molecule has 0 fully saturated rings. The van der Waals surface area contributed by atoms with Gasteiger partial charge in [0, 0.05) is 22.5 Å². The zero-order valence-corrected chi connectivity index (χ0v) is 20.9. The van der Waals surface area contributed by atoms with E-state index in [0.29, 0.717) is 23.1 Å². The molecule has 1 heterocycles. The van der Waals surface area contributed by atoms with Crippen molar-refractivity contribution in [3.05, 3.63) is 100 Å². The Balaban J connectivity index is 1.75. The number of benzene rings is 3. The summed E-state index contributed by atoms with van der Waals surface area (Å²) in [6.07, 6.45) is 0.795. The van der Waals surface area contributed by atoms with E-state index >= 15 is 0 Å². The van der Waals surface area contributed by atoms with Gasteiger partial charge in [0.05, 0.1) is 17.2 Å². The summed E-state index contributed by atoms with van der Waals surface area (Å²) in [6.45, 7) is 2.98. The normalized spacial score (nSPS) is 16.4. The van der Waals surface area contributed by atoms with Gasteiger partial charge in [-0.25, -0.2) is 5.01 Å². The molecule has 4 rings (SSSR count). The van der Waals surface area contributed by atoms with E-state index in [1.165, 1.54) is 24.3 Å². The Labute approximate surface area is 210 Å². The van der Waals surface area contributed by atoms with Crippen LogP contribution in [0.5, 0.6) is 0 Å². The maximum Gasteiger partial charge on any atom is 0.285 e. The molecular formula is C25H24Cl2N4O2S. The maximum absolute atomic E-state index is 13.1. The Kier molecular flexibility index (Phi) is 7.56. The van der Waals surface area contributed by atoms with Gasteiger partial charge in [-0.15, -0.1) is 4.40 Å². The molecule has 6 nitrogen and oxygen atoms in total. The third-order valence-corrected chi connectivity index (χ3v) is 7.14. The lowest BCUT2D eigenvalue weighted by atomic mass is 9.91. The van der Waals surface area contributed by atoms with E-state index in [0.717, 1.165) is 23.3 Å². The summed E-state index contributed by atoms with van der Waals surface area (Å²) < 4.78 is 30.2. The number of rotatable bonds is 6. The second-order valence-electron chi connectivity index (χ2n) is 7.81. The monoisotopic (exact) mass is 514 g/mol. The Morgan fingerprint density at radius 3 is 2.24 bits per heavy atom. The molecule has 9 heteroatoms. The SMILES string of the molecule is CCCN/C(=N\S(=O)(=O)c1ccc(Cl)cc1)N1CC(c2ccccc2)C(c2ccc(Cl)cc2)=N1. The molecule has 1 aliphatic heterocycles. The fraction of sp³-hybridized carbons (Fsp3) is 0.200. The van der Waals surface area contributed by atoms with Crippen molar-refractivity contribution in [1.82, 2.24) is 10.3 Å². The van der Waals surface area contributed by atoms with Crippen LogP contribution in [0.15, 0.2) is 93.3 Å². The Morgan fingerprint density at radius 1 is 1.00 bits per heavy atom. The molecule has 1 unspecified atom stereocenters. The summed E-state index contributed by atoms with van der Waals surface area (Å²) in [5.74, 6) is 0.107. The number of guanidine groups is 1. The van der Waals surface area contributed by atoms with E-state index < -0.39 is 10.0 Å². The van der Waals surface area contributed by atoms with Crippen molar-refractivity contribution >= 4 is 44.9 Å². The van der Waals surface area contributed by atoms with Crippen LogP contribution < -0.4 is 5.32 Å². The van der Waals surface area contributed by atoms with Crippen LogP contribution in [0.3, 0.4) is 0 Å². The minimum absolute atomic E-state index is 0.0633. The zero-order valence-electron chi connectivity index (χ0n) is 18.5. The minimum atomic E-state index is -3.98. The second-order valence-corrected chi connectivity index (χ2v) is 10.3. The molecule has 0 spiro atoms. The van der Waals surface area contributed by atoms with Crippen LogP contribution >= 0.6 is 23.2 Å². The molecule has 1 N–H and O–H groups in total. The molecule has 0 aromatic heterocycles. The van der Waals surface area contributed by atoms with E-state index in [1.807, 2.05) is 61.5 Å². The third kappa shape index (κ3) is 5.60. The lowest BCUT2D eigenvalue weighted by molar-refractivity contribution is 0.455. The summed E-state index contributed by atoms with van der Waals surface area (Å²) in [5, 5.41) is 10.7. The molecule has 1 aliphatic rings. The predicted molar refractivity (Wildman–Crippen MR) is 138 cm³/mol. The number of hydrogen-bond acceptors (Lipinski definition) is 3. The highest BCUT2D eigenvalue weighted by molar-refractivity contribution is 7.90. The van der Waals surface area contributed by atoms with Crippen molar-refractivity contribution in [1.29, 1.82) is 0 Å². The minimum Gasteiger partial charge on any atom is -0.354 e. The second kappa shape index (κ2) is 10.6. The van der Waals surface area contributed by atoms with Gasteiger partial charge in [-0.1, -0.05) is 72.6 Å². The molecule has 176 valence electrons. The van der Waals surface area contributed by atoms with Gasteiger partial charge < -0.3 is 5.32 Å². The highest BCUT2D eigenvalue weighted by Crippen LogP contribution is 2.30. The van der Waals surface area contributed by atoms with Crippen LogP contribution in [0.2, 0.25) is 10.0 Å². The lowest BCUT2D eigenvalue weighted by Crippen LogP contribution is -2.39. The molecule has 0 radical (unpaired) electrons. The van der Waals surface area contributed by atoms with Crippen molar-refractivity contribution in [2.45, 2.75) is 24.2 Å². The smallest absolute Gasteiger partial charge is 0.285 e. The van der Waals surface area contributed by atoms with Gasteiger partial charge in [-0.05, 0) is 53.9 Å². The molecule has 0 bridgehead atoms. The molecule has 0 amide bonds. The standard InChI is InChI=1S/C25H24Cl2N4O2S/c1-2-16-28-25(30-34(32,33)22-14-12-21(27)13-15-22)31-17-23(18-6-4-3-5-7-18)24(29-31)19-8-10-20(26)11-9-19/h3-15,23H,2,16-17H2,1H3,(H,28,30). The number of hydrogen-bond donors (Lipinski definition) is 1. The summed E-state index contributed by atoms with van der Waals surface area (Å²) in [6, 6.07) is 23.4. The third-order valence-electron chi connectivity index (χ3n) is 5.35. The highest BCUT2D eigenvalue weighted by Gasteiger charge is 2.32. The molecule has 34 heavy (non-hydrogen) atoms. The zero-order chi connectivity index (χ0) is 24.1. The Bertz CT molecular complexity index is 1290.